The number of pyridine rings is 2. The second-order valence-electron chi connectivity index (χ2n) is 10.2. The summed E-state index contributed by atoms with van der Waals surface area (Å²) in [5.41, 5.74) is 6.80. The van der Waals surface area contributed by atoms with Crippen molar-refractivity contribution in [2.24, 2.45) is 0 Å². The molecule has 0 radical (unpaired) electrons. The Morgan fingerprint density at radius 3 is 1.94 bits per heavy atom. The van der Waals surface area contributed by atoms with E-state index in [1.54, 1.807) is 0 Å². The zero-order valence-electron chi connectivity index (χ0n) is 22.0. The van der Waals surface area contributed by atoms with Crippen LogP contribution in [0.4, 0.5) is 0 Å². The Balaban J connectivity index is 1.66. The zero-order chi connectivity index (χ0) is 25.3. The van der Waals surface area contributed by atoms with Crippen molar-refractivity contribution in [3.05, 3.63) is 90.5 Å². The van der Waals surface area contributed by atoms with Gasteiger partial charge in [0, 0.05) is 47.2 Å². The number of hydrogen-bond donors (Lipinski definition) is 0. The fourth-order valence-electron chi connectivity index (χ4n) is 5.36. The summed E-state index contributed by atoms with van der Waals surface area (Å²) < 4.78 is 19.8. The summed E-state index contributed by atoms with van der Waals surface area (Å²) in [5, 5.41) is 2.88. The third-order valence-electron chi connectivity index (χ3n) is 7.30. The van der Waals surface area contributed by atoms with Gasteiger partial charge in [-0.05, 0) is 48.7 Å². The van der Waals surface area contributed by atoms with E-state index in [4.69, 9.17) is 0 Å². The average molecular weight is 497 g/mol. The van der Waals surface area contributed by atoms with Gasteiger partial charge in [-0.2, -0.15) is 0 Å². The highest BCUT2D eigenvalue weighted by atomic mass is 31.2. The molecule has 1 atom stereocenters. The van der Waals surface area contributed by atoms with Crippen LogP contribution in [0.25, 0.3) is 22.3 Å². The number of aryl methyl sites for hydroxylation is 4. The Kier molecular flexibility index (Phi) is 6.95. The number of aromatic nitrogens is 2. The van der Waals surface area contributed by atoms with Gasteiger partial charge in [-0.3, -0.25) is 0 Å². The van der Waals surface area contributed by atoms with E-state index >= 15 is 4.57 Å². The van der Waals surface area contributed by atoms with Gasteiger partial charge in [-0.1, -0.05) is 56.0 Å². The summed E-state index contributed by atoms with van der Waals surface area (Å²) in [6, 6.07) is 19.5. The maximum Gasteiger partial charge on any atom is 0.180 e. The van der Waals surface area contributed by atoms with Crippen LogP contribution in [0.1, 0.15) is 50.7 Å². The molecule has 0 spiro atoms. The Labute approximate surface area is 215 Å². The van der Waals surface area contributed by atoms with E-state index in [2.05, 4.69) is 116 Å². The van der Waals surface area contributed by atoms with Crippen LogP contribution in [0.5, 0.6) is 0 Å². The minimum atomic E-state index is -3.01. The largest absolute Gasteiger partial charge is 0.308 e. The van der Waals surface area contributed by atoms with Gasteiger partial charge in [-0.15, -0.1) is 0 Å². The molecular weight excluding hydrogens is 459 g/mol. The fourth-order valence-corrected chi connectivity index (χ4v) is 8.65. The third-order valence-corrected chi connectivity index (χ3v) is 10.4. The van der Waals surface area contributed by atoms with Crippen molar-refractivity contribution in [1.82, 2.24) is 0 Å². The highest BCUT2D eigenvalue weighted by molar-refractivity contribution is 7.86. The van der Waals surface area contributed by atoms with Crippen molar-refractivity contribution >= 4 is 23.1 Å². The molecule has 4 heteroatoms. The first-order valence-corrected chi connectivity index (χ1v) is 15.0. The lowest BCUT2D eigenvalue weighted by atomic mass is 10.0. The Morgan fingerprint density at radius 2 is 1.28 bits per heavy atom. The van der Waals surface area contributed by atoms with Crippen molar-refractivity contribution in [1.29, 1.82) is 0 Å². The molecule has 36 heavy (non-hydrogen) atoms. The predicted octanol–water partition coefficient (Wildman–Crippen LogP) is 5.77. The summed E-state index contributed by atoms with van der Waals surface area (Å²) in [6.45, 7) is 10.6. The van der Waals surface area contributed by atoms with Crippen LogP contribution in [-0.4, -0.2) is 0 Å². The van der Waals surface area contributed by atoms with Crippen molar-refractivity contribution in [2.45, 2.75) is 66.5 Å². The number of unbranched alkanes of at least 4 members (excludes halogenated alkanes) is 2. The van der Waals surface area contributed by atoms with Crippen LogP contribution in [0.3, 0.4) is 0 Å². The van der Waals surface area contributed by atoms with Gasteiger partial charge < -0.3 is 4.57 Å². The number of fused-ring (bicyclic) bond motifs is 3. The molecule has 3 heterocycles. The molecule has 0 N–H and O–H groups in total. The van der Waals surface area contributed by atoms with Crippen LogP contribution in [0, 0.1) is 13.8 Å². The van der Waals surface area contributed by atoms with Gasteiger partial charge in [0.15, 0.2) is 31.9 Å². The fraction of sp³-hybridized carbons (Fsp3) is 0.312. The Bertz CT molecular complexity index is 1440. The van der Waals surface area contributed by atoms with Gasteiger partial charge in [0.2, 0.25) is 0 Å². The van der Waals surface area contributed by atoms with Gasteiger partial charge in [0.05, 0.1) is 5.30 Å². The molecule has 1 unspecified atom stereocenters. The Morgan fingerprint density at radius 1 is 0.667 bits per heavy atom. The van der Waals surface area contributed by atoms with Crippen LogP contribution < -0.4 is 25.0 Å². The van der Waals surface area contributed by atoms with Gasteiger partial charge in [-0.25, -0.2) is 9.13 Å². The number of rotatable bonds is 8. The molecule has 4 aromatic rings. The minimum absolute atomic E-state index is 0.941. The standard InChI is InChI=1S/C32H37N2OP/c1-5-7-14-33-16-11-26(12-17-33)27-9-10-29-30-13-18-34(15-8-6-2)23-32(30)36(35,31(29)22-27)28-20-24(3)19-25(4)21-28/h9-13,16-23H,5-8,14-15H2,1-4H3/q+2. The van der Waals surface area contributed by atoms with E-state index in [1.165, 1.54) is 12.8 Å². The quantitative estimate of drug-likeness (QED) is 0.198. The smallest absolute Gasteiger partial charge is 0.180 e. The SMILES string of the molecule is CCCC[n+]1ccc(-c2ccc3c(c2)P(=O)(c2cc(C)cc(C)c2)c2c[n+](CCCC)ccc2-3)cc1. The first-order valence-electron chi connectivity index (χ1n) is 13.3. The molecule has 0 aliphatic carbocycles. The molecule has 2 aromatic carbocycles. The van der Waals surface area contributed by atoms with E-state index < -0.39 is 7.14 Å². The molecule has 0 fully saturated rings. The highest BCUT2D eigenvalue weighted by Gasteiger charge is 2.42. The molecule has 0 amide bonds. The summed E-state index contributed by atoms with van der Waals surface area (Å²) in [4.78, 5) is 0. The van der Waals surface area contributed by atoms with Crippen LogP contribution in [0.2, 0.25) is 0 Å². The second-order valence-corrected chi connectivity index (χ2v) is 12.9. The predicted molar refractivity (Wildman–Crippen MR) is 150 cm³/mol. The highest BCUT2D eigenvalue weighted by Crippen LogP contribution is 2.52. The second kappa shape index (κ2) is 10.1. The summed E-state index contributed by atoms with van der Waals surface area (Å²) in [5.74, 6) is 0. The topological polar surface area (TPSA) is 24.8 Å². The lowest BCUT2D eigenvalue weighted by molar-refractivity contribution is -0.697. The van der Waals surface area contributed by atoms with Crippen LogP contribution in [0.15, 0.2) is 79.4 Å². The molecule has 5 rings (SSSR count). The van der Waals surface area contributed by atoms with Gasteiger partial charge in [0.1, 0.15) is 13.1 Å². The van der Waals surface area contributed by atoms with E-state index in [9.17, 15) is 0 Å². The first kappa shape index (κ1) is 24.7. The normalized spacial score (nSPS) is 16.1. The summed E-state index contributed by atoms with van der Waals surface area (Å²) in [7, 11) is -3.01. The number of hydrogen-bond acceptors (Lipinski definition) is 1. The molecule has 1 aliphatic heterocycles. The van der Waals surface area contributed by atoms with Gasteiger partial charge in [0.25, 0.3) is 0 Å². The lowest BCUT2D eigenvalue weighted by Crippen LogP contribution is -2.37. The first-order chi connectivity index (χ1) is 17.4. The van der Waals surface area contributed by atoms with Crippen molar-refractivity contribution < 1.29 is 13.7 Å². The van der Waals surface area contributed by atoms with E-state index in [-0.39, 0.29) is 0 Å². The lowest BCUT2D eigenvalue weighted by Gasteiger charge is -2.17. The van der Waals surface area contributed by atoms with Gasteiger partial charge >= 0.3 is 0 Å². The van der Waals surface area contributed by atoms with Crippen LogP contribution in [-0.2, 0) is 17.7 Å². The average Bonchev–Trinajstić information content (AvgIpc) is 3.14. The zero-order valence-corrected chi connectivity index (χ0v) is 22.9. The Hall–Kier alpha value is -3.03. The molecular formula is C32H37N2OP+2. The monoisotopic (exact) mass is 496 g/mol. The summed E-state index contributed by atoms with van der Waals surface area (Å²) >= 11 is 0. The molecule has 1 aliphatic rings. The maximum absolute atomic E-state index is 15.3. The van der Waals surface area contributed by atoms with Crippen molar-refractivity contribution in [3.63, 3.8) is 0 Å². The van der Waals surface area contributed by atoms with Crippen molar-refractivity contribution in [2.75, 3.05) is 0 Å². The number of benzene rings is 2. The molecule has 184 valence electrons. The third kappa shape index (κ3) is 4.46. The minimum Gasteiger partial charge on any atom is -0.308 e. The molecule has 0 saturated heterocycles. The summed E-state index contributed by atoms with van der Waals surface area (Å²) in [6.07, 6.45) is 13.2. The van der Waals surface area contributed by atoms with Crippen LogP contribution >= 0.6 is 7.14 Å². The molecule has 0 saturated carbocycles. The molecule has 3 nitrogen and oxygen atoms in total. The molecule has 2 aromatic heterocycles. The number of nitrogens with zero attached hydrogens (tertiary/aromatic N) is 2. The van der Waals surface area contributed by atoms with Crippen molar-refractivity contribution in [3.8, 4) is 22.3 Å². The maximum atomic E-state index is 15.3. The molecule has 0 bridgehead atoms. The van der Waals surface area contributed by atoms with E-state index in [0.717, 1.165) is 75.2 Å². The van der Waals surface area contributed by atoms with E-state index in [1.807, 2.05) is 0 Å². The van der Waals surface area contributed by atoms with E-state index in [0.29, 0.717) is 0 Å².